The molecular formula is C58H46N2O2. The van der Waals surface area contributed by atoms with Gasteiger partial charge in [-0.05, 0) is 106 Å². The van der Waals surface area contributed by atoms with Gasteiger partial charge in [0.15, 0.2) is 11.2 Å². The van der Waals surface area contributed by atoms with Crippen molar-refractivity contribution in [3.8, 4) is 0 Å². The van der Waals surface area contributed by atoms with E-state index in [0.29, 0.717) is 11.8 Å². The van der Waals surface area contributed by atoms with E-state index in [2.05, 4.69) is 220 Å². The molecule has 2 heterocycles. The highest BCUT2D eigenvalue weighted by Gasteiger charge is 2.46. The van der Waals surface area contributed by atoms with Crippen molar-refractivity contribution in [2.75, 3.05) is 9.80 Å². The summed E-state index contributed by atoms with van der Waals surface area (Å²) in [5.41, 5.74) is 18.3. The lowest BCUT2D eigenvalue weighted by Crippen LogP contribution is -2.38. The van der Waals surface area contributed by atoms with Crippen molar-refractivity contribution in [3.63, 3.8) is 0 Å². The van der Waals surface area contributed by atoms with Gasteiger partial charge in [0.1, 0.15) is 11.2 Å². The first kappa shape index (κ1) is 36.5. The summed E-state index contributed by atoms with van der Waals surface area (Å²) in [7, 11) is 0. The van der Waals surface area contributed by atoms with E-state index in [9.17, 15) is 0 Å². The molecule has 0 amide bonds. The number of furan rings is 2. The molecule has 2 aromatic heterocycles. The second-order valence-electron chi connectivity index (χ2n) is 17.6. The monoisotopic (exact) mass is 802 g/mol. The molecule has 6 aromatic carbocycles. The average molecular weight is 803 g/mol. The van der Waals surface area contributed by atoms with Gasteiger partial charge in [-0.3, -0.25) is 0 Å². The Morgan fingerprint density at radius 2 is 0.952 bits per heavy atom. The van der Waals surface area contributed by atoms with Gasteiger partial charge >= 0.3 is 0 Å². The SMILES string of the molecule is CC(C)C1=CC(N(c2ccccc2)c2cccc3c2oc2ccccc23)=C2C=CC3=C(C(C)C)C=C(N(c4ccccc4)c4cccc5c4oc4ccccc45)C4=CC=C1C2C43. The molecule has 4 aliphatic rings. The maximum absolute atomic E-state index is 6.79. The Morgan fingerprint density at radius 3 is 1.55 bits per heavy atom. The summed E-state index contributed by atoms with van der Waals surface area (Å²) in [5, 5.41) is 4.48. The van der Waals surface area contributed by atoms with Gasteiger partial charge in [0, 0.05) is 44.8 Å². The molecule has 0 N–H and O–H groups in total. The summed E-state index contributed by atoms with van der Waals surface area (Å²) in [6.45, 7) is 9.36. The van der Waals surface area contributed by atoms with E-state index >= 15 is 0 Å². The molecule has 300 valence electrons. The third kappa shape index (κ3) is 5.45. The molecule has 8 aromatic rings. The standard InChI is InChI=1S/C58H46N2O2/c1-35(2)47-33-51(59(37-17-7-5-8-18-37)49-25-15-23-43-39-21-11-13-27-53(39)61-57(43)49)45-32-30-42-48(36(3)4)34-52(46-31-29-41(47)55(45)56(42)46)60(38-19-9-6-10-20-38)50-26-16-24-44-40-22-12-14-28-54(40)62-58(44)50/h5-36,55-56H,1-4H3. The molecule has 62 heavy (non-hydrogen) atoms. The highest BCUT2D eigenvalue weighted by molar-refractivity contribution is 6.11. The Labute approximate surface area is 362 Å². The number of hydrogen-bond donors (Lipinski definition) is 0. The van der Waals surface area contributed by atoms with Crippen LogP contribution in [-0.4, -0.2) is 0 Å². The Kier molecular flexibility index (Phi) is 8.33. The minimum absolute atomic E-state index is 0.0885. The number of anilines is 4. The summed E-state index contributed by atoms with van der Waals surface area (Å²) in [4.78, 5) is 4.91. The zero-order valence-corrected chi connectivity index (χ0v) is 35.3. The lowest BCUT2D eigenvalue weighted by atomic mass is 9.59. The number of allylic oxidation sites excluding steroid dienone is 12. The molecule has 4 heteroatoms. The van der Waals surface area contributed by atoms with Gasteiger partial charge < -0.3 is 18.6 Å². The first-order valence-corrected chi connectivity index (χ1v) is 22.0. The Balaban J connectivity index is 1.11. The summed E-state index contributed by atoms with van der Waals surface area (Å²) >= 11 is 0. The van der Waals surface area contributed by atoms with Crippen LogP contribution < -0.4 is 9.80 Å². The van der Waals surface area contributed by atoms with E-state index in [-0.39, 0.29) is 11.8 Å². The quantitative estimate of drug-likeness (QED) is 0.153. The zero-order valence-electron chi connectivity index (χ0n) is 35.3. The number of nitrogens with zero attached hydrogens (tertiary/aromatic N) is 2. The van der Waals surface area contributed by atoms with Crippen molar-refractivity contribution in [2.24, 2.45) is 23.7 Å². The fraction of sp³-hybridized carbons (Fsp3) is 0.138. The van der Waals surface area contributed by atoms with Crippen LogP contribution in [0.25, 0.3) is 43.9 Å². The molecule has 2 unspecified atom stereocenters. The average Bonchev–Trinajstić information content (AvgIpc) is 3.89. The van der Waals surface area contributed by atoms with Crippen LogP contribution in [0.15, 0.2) is 236 Å². The van der Waals surface area contributed by atoms with Crippen LogP contribution in [0.1, 0.15) is 27.7 Å². The lowest BCUT2D eigenvalue weighted by Gasteiger charge is -2.48. The lowest BCUT2D eigenvalue weighted by molar-refractivity contribution is 0.522. The highest BCUT2D eigenvalue weighted by Crippen LogP contribution is 2.58. The van der Waals surface area contributed by atoms with Crippen molar-refractivity contribution in [1.82, 2.24) is 0 Å². The summed E-state index contributed by atoms with van der Waals surface area (Å²) < 4.78 is 13.6. The molecule has 12 rings (SSSR count). The van der Waals surface area contributed by atoms with Gasteiger partial charge in [0.25, 0.3) is 0 Å². The van der Waals surface area contributed by atoms with Crippen LogP contribution in [-0.2, 0) is 0 Å². The number of hydrogen-bond acceptors (Lipinski definition) is 4. The third-order valence-corrected chi connectivity index (χ3v) is 13.4. The summed E-state index contributed by atoms with van der Waals surface area (Å²) in [6, 6.07) is 51.6. The fourth-order valence-electron chi connectivity index (χ4n) is 10.7. The van der Waals surface area contributed by atoms with Gasteiger partial charge in [0.05, 0.1) is 22.8 Å². The van der Waals surface area contributed by atoms with E-state index in [1.165, 1.54) is 44.8 Å². The molecule has 0 spiro atoms. The number of fused-ring (bicyclic) bond motifs is 6. The molecule has 0 aliphatic heterocycles. The zero-order chi connectivity index (χ0) is 41.6. The van der Waals surface area contributed by atoms with Crippen molar-refractivity contribution < 1.29 is 8.83 Å². The van der Waals surface area contributed by atoms with Crippen LogP contribution in [0.5, 0.6) is 0 Å². The van der Waals surface area contributed by atoms with Gasteiger partial charge in [-0.15, -0.1) is 0 Å². The summed E-state index contributed by atoms with van der Waals surface area (Å²) in [5.74, 6) is 0.761. The summed E-state index contributed by atoms with van der Waals surface area (Å²) in [6.07, 6.45) is 14.7. The predicted octanol–water partition coefficient (Wildman–Crippen LogP) is 15.8. The maximum Gasteiger partial charge on any atom is 0.159 e. The van der Waals surface area contributed by atoms with Crippen molar-refractivity contribution >= 4 is 66.6 Å². The van der Waals surface area contributed by atoms with Crippen molar-refractivity contribution in [3.05, 3.63) is 227 Å². The van der Waals surface area contributed by atoms with Crippen LogP contribution in [0.4, 0.5) is 22.7 Å². The Morgan fingerprint density at radius 1 is 0.452 bits per heavy atom. The minimum Gasteiger partial charge on any atom is -0.454 e. The largest absolute Gasteiger partial charge is 0.454 e. The Bertz CT molecular complexity index is 3360. The van der Waals surface area contributed by atoms with Crippen LogP contribution in [0, 0.1) is 23.7 Å². The first-order chi connectivity index (χ1) is 30.4. The van der Waals surface area contributed by atoms with Gasteiger partial charge in [0.2, 0.25) is 0 Å². The normalized spacial score (nSPS) is 18.2. The maximum atomic E-state index is 6.79. The molecule has 4 aliphatic carbocycles. The van der Waals surface area contributed by atoms with Crippen molar-refractivity contribution in [1.29, 1.82) is 0 Å². The molecule has 0 saturated carbocycles. The molecule has 0 saturated heterocycles. The van der Waals surface area contributed by atoms with E-state index in [0.717, 1.165) is 66.6 Å². The minimum atomic E-state index is 0.0885. The number of benzene rings is 6. The van der Waals surface area contributed by atoms with Crippen LogP contribution in [0.3, 0.4) is 0 Å². The fourth-order valence-corrected chi connectivity index (χ4v) is 10.7. The van der Waals surface area contributed by atoms with E-state index < -0.39 is 0 Å². The van der Waals surface area contributed by atoms with Crippen LogP contribution in [0.2, 0.25) is 0 Å². The molecular weight excluding hydrogens is 757 g/mol. The second-order valence-corrected chi connectivity index (χ2v) is 17.6. The topological polar surface area (TPSA) is 32.8 Å². The van der Waals surface area contributed by atoms with Gasteiger partial charge in [-0.25, -0.2) is 0 Å². The predicted molar refractivity (Wildman–Crippen MR) is 257 cm³/mol. The number of para-hydroxylation sites is 6. The van der Waals surface area contributed by atoms with E-state index in [1.807, 2.05) is 0 Å². The van der Waals surface area contributed by atoms with Crippen LogP contribution >= 0.6 is 0 Å². The Hall–Kier alpha value is -7.30. The molecule has 0 radical (unpaired) electrons. The van der Waals surface area contributed by atoms with E-state index in [1.54, 1.807) is 0 Å². The highest BCUT2D eigenvalue weighted by atomic mass is 16.3. The second kappa shape index (κ2) is 14.1. The third-order valence-electron chi connectivity index (χ3n) is 13.4. The first-order valence-electron chi connectivity index (χ1n) is 22.0. The molecule has 0 bridgehead atoms. The number of rotatable bonds is 8. The van der Waals surface area contributed by atoms with Gasteiger partial charge in [-0.1, -0.05) is 149 Å². The molecule has 2 atom stereocenters. The molecule has 0 fully saturated rings. The van der Waals surface area contributed by atoms with E-state index in [4.69, 9.17) is 8.83 Å². The smallest absolute Gasteiger partial charge is 0.159 e. The van der Waals surface area contributed by atoms with Crippen molar-refractivity contribution in [2.45, 2.75) is 27.7 Å². The molecule has 4 nitrogen and oxygen atoms in total. The van der Waals surface area contributed by atoms with Gasteiger partial charge in [-0.2, -0.15) is 0 Å².